The van der Waals surface area contributed by atoms with Crippen molar-refractivity contribution in [2.45, 2.75) is 0 Å². The molecule has 4 rings (SSSR count). The monoisotopic (exact) mass is 392 g/mol. The standard InChI is InChI=1S/C19H16N6O2S/c1-25-8-7-14(24-25)18(26)20-12-4-2-5-13(10-12)21-19(27)16-11-15(22-23-16)17-6-3-9-28-17/h2-11H,1H3,(H,20,26)(H,21,27)(H,22,23). The van der Waals surface area contributed by atoms with Gasteiger partial charge < -0.3 is 10.6 Å². The van der Waals surface area contributed by atoms with Gasteiger partial charge in [-0.05, 0) is 41.8 Å². The van der Waals surface area contributed by atoms with Crippen LogP contribution >= 0.6 is 11.3 Å². The SMILES string of the molecule is Cn1ccc(C(=O)Nc2cccc(NC(=O)c3cc(-c4cccs4)[nH]n3)c2)n1. The van der Waals surface area contributed by atoms with E-state index in [0.717, 1.165) is 10.6 Å². The summed E-state index contributed by atoms with van der Waals surface area (Å²) in [6, 6.07) is 14.1. The summed E-state index contributed by atoms with van der Waals surface area (Å²) in [6.45, 7) is 0. The van der Waals surface area contributed by atoms with E-state index in [1.165, 1.54) is 0 Å². The fraction of sp³-hybridized carbons (Fsp3) is 0.0526. The van der Waals surface area contributed by atoms with E-state index in [9.17, 15) is 9.59 Å². The Balaban J connectivity index is 1.44. The van der Waals surface area contributed by atoms with Crippen molar-refractivity contribution >= 4 is 34.5 Å². The number of carbonyl (C=O) groups is 2. The molecule has 0 unspecified atom stereocenters. The lowest BCUT2D eigenvalue weighted by Gasteiger charge is -2.07. The molecule has 8 nitrogen and oxygen atoms in total. The summed E-state index contributed by atoms with van der Waals surface area (Å²) >= 11 is 1.56. The molecule has 0 bridgehead atoms. The number of carbonyl (C=O) groups excluding carboxylic acids is 2. The minimum atomic E-state index is -0.341. The summed E-state index contributed by atoms with van der Waals surface area (Å²) in [6.07, 6.45) is 1.69. The molecule has 0 saturated heterocycles. The quantitative estimate of drug-likeness (QED) is 0.484. The lowest BCUT2D eigenvalue weighted by Crippen LogP contribution is -2.14. The zero-order valence-corrected chi connectivity index (χ0v) is 15.7. The van der Waals surface area contributed by atoms with Crippen LogP contribution in [-0.2, 0) is 7.05 Å². The van der Waals surface area contributed by atoms with Gasteiger partial charge in [0.15, 0.2) is 11.4 Å². The van der Waals surface area contributed by atoms with Gasteiger partial charge in [0, 0.05) is 24.6 Å². The molecule has 3 heterocycles. The number of nitrogens with zero attached hydrogens (tertiary/aromatic N) is 3. The summed E-state index contributed by atoms with van der Waals surface area (Å²) in [5.74, 6) is -0.663. The maximum absolute atomic E-state index is 12.5. The highest BCUT2D eigenvalue weighted by Gasteiger charge is 2.13. The summed E-state index contributed by atoms with van der Waals surface area (Å²) in [7, 11) is 1.74. The highest BCUT2D eigenvalue weighted by Crippen LogP contribution is 2.23. The topological polar surface area (TPSA) is 105 Å². The number of hydrogen-bond acceptors (Lipinski definition) is 5. The predicted molar refractivity (Wildman–Crippen MR) is 107 cm³/mol. The fourth-order valence-corrected chi connectivity index (χ4v) is 3.29. The molecule has 0 radical (unpaired) electrons. The Morgan fingerprint density at radius 1 is 1.00 bits per heavy atom. The summed E-state index contributed by atoms with van der Waals surface area (Å²) < 4.78 is 1.56. The molecule has 0 saturated carbocycles. The van der Waals surface area contributed by atoms with Gasteiger partial charge in [-0.15, -0.1) is 11.3 Å². The van der Waals surface area contributed by atoms with Gasteiger partial charge in [0.1, 0.15) is 0 Å². The number of anilines is 2. The summed E-state index contributed by atoms with van der Waals surface area (Å²) in [5, 5.41) is 18.5. The number of nitrogens with one attached hydrogen (secondary N) is 3. The number of aromatic nitrogens is 4. The molecule has 0 aliphatic rings. The Morgan fingerprint density at radius 3 is 2.39 bits per heavy atom. The van der Waals surface area contributed by atoms with E-state index in [2.05, 4.69) is 25.9 Å². The van der Waals surface area contributed by atoms with E-state index in [1.54, 1.807) is 65.7 Å². The zero-order chi connectivity index (χ0) is 19.5. The van der Waals surface area contributed by atoms with Gasteiger partial charge in [-0.25, -0.2) is 0 Å². The molecule has 140 valence electrons. The van der Waals surface area contributed by atoms with Crippen molar-refractivity contribution in [3.63, 3.8) is 0 Å². The first-order chi connectivity index (χ1) is 13.6. The second kappa shape index (κ2) is 7.49. The second-order valence-electron chi connectivity index (χ2n) is 6.01. The van der Waals surface area contributed by atoms with E-state index >= 15 is 0 Å². The van der Waals surface area contributed by atoms with E-state index in [0.29, 0.717) is 17.1 Å². The van der Waals surface area contributed by atoms with E-state index in [4.69, 9.17) is 0 Å². The molecule has 0 aliphatic heterocycles. The van der Waals surface area contributed by atoms with Gasteiger partial charge in [-0.2, -0.15) is 10.2 Å². The molecule has 0 fully saturated rings. The maximum atomic E-state index is 12.5. The second-order valence-corrected chi connectivity index (χ2v) is 6.96. The van der Waals surface area contributed by atoms with Crippen LogP contribution in [0.5, 0.6) is 0 Å². The third-order valence-electron chi connectivity index (χ3n) is 3.92. The van der Waals surface area contributed by atoms with E-state index < -0.39 is 0 Å². The molecule has 9 heteroatoms. The number of hydrogen-bond donors (Lipinski definition) is 3. The van der Waals surface area contributed by atoms with Crippen molar-refractivity contribution in [1.29, 1.82) is 0 Å². The third-order valence-corrected chi connectivity index (χ3v) is 4.82. The summed E-state index contributed by atoms with van der Waals surface area (Å²) in [5.41, 5.74) is 2.48. The largest absolute Gasteiger partial charge is 0.321 e. The smallest absolute Gasteiger partial charge is 0.276 e. The highest BCUT2D eigenvalue weighted by atomic mass is 32.1. The number of benzene rings is 1. The lowest BCUT2D eigenvalue weighted by molar-refractivity contribution is 0.101. The van der Waals surface area contributed by atoms with Gasteiger partial charge >= 0.3 is 0 Å². The predicted octanol–water partition coefficient (Wildman–Crippen LogP) is 3.38. The third kappa shape index (κ3) is 3.84. The van der Waals surface area contributed by atoms with Crippen LogP contribution in [0, 0.1) is 0 Å². The highest BCUT2D eigenvalue weighted by molar-refractivity contribution is 7.13. The average molecular weight is 392 g/mol. The Hall–Kier alpha value is -3.72. The van der Waals surface area contributed by atoms with Crippen LogP contribution in [0.25, 0.3) is 10.6 Å². The van der Waals surface area contributed by atoms with Crippen LogP contribution in [0.15, 0.2) is 60.1 Å². The molecule has 4 aromatic rings. The molecule has 0 aliphatic carbocycles. The number of aryl methyl sites for hydroxylation is 1. The summed E-state index contributed by atoms with van der Waals surface area (Å²) in [4.78, 5) is 25.7. The van der Waals surface area contributed by atoms with Crippen LogP contribution in [0.1, 0.15) is 21.0 Å². The van der Waals surface area contributed by atoms with Crippen LogP contribution in [0.4, 0.5) is 11.4 Å². The van der Waals surface area contributed by atoms with Gasteiger partial charge in [0.25, 0.3) is 11.8 Å². The Labute approximate surface area is 164 Å². The maximum Gasteiger partial charge on any atom is 0.276 e. The Bertz CT molecular complexity index is 1130. The Kier molecular flexibility index (Phi) is 4.73. The van der Waals surface area contributed by atoms with Gasteiger partial charge in [-0.3, -0.25) is 19.4 Å². The van der Waals surface area contributed by atoms with Crippen molar-refractivity contribution in [1.82, 2.24) is 20.0 Å². The molecular weight excluding hydrogens is 376 g/mol. The molecule has 3 aromatic heterocycles. The van der Waals surface area contributed by atoms with Crippen molar-refractivity contribution in [2.24, 2.45) is 7.05 Å². The van der Waals surface area contributed by atoms with Gasteiger partial charge in [-0.1, -0.05) is 12.1 Å². The van der Waals surface area contributed by atoms with E-state index in [1.807, 2.05) is 17.5 Å². The molecule has 1 aromatic carbocycles. The van der Waals surface area contributed by atoms with Crippen molar-refractivity contribution in [3.05, 3.63) is 71.5 Å². The number of rotatable bonds is 5. The van der Waals surface area contributed by atoms with Gasteiger partial charge in [0.05, 0.1) is 10.6 Å². The minimum Gasteiger partial charge on any atom is -0.321 e. The van der Waals surface area contributed by atoms with Crippen LogP contribution < -0.4 is 10.6 Å². The lowest BCUT2D eigenvalue weighted by atomic mass is 10.2. The van der Waals surface area contributed by atoms with Crippen molar-refractivity contribution < 1.29 is 9.59 Å². The average Bonchev–Trinajstić information content (AvgIpc) is 3.43. The molecule has 0 spiro atoms. The number of thiophene rings is 1. The molecule has 28 heavy (non-hydrogen) atoms. The minimum absolute atomic E-state index is 0.284. The van der Waals surface area contributed by atoms with E-state index in [-0.39, 0.29) is 17.5 Å². The first kappa shape index (κ1) is 17.7. The first-order valence-electron chi connectivity index (χ1n) is 8.40. The number of aromatic amines is 1. The van der Waals surface area contributed by atoms with Gasteiger partial charge in [0.2, 0.25) is 0 Å². The van der Waals surface area contributed by atoms with Crippen molar-refractivity contribution in [2.75, 3.05) is 10.6 Å². The number of amides is 2. The molecule has 3 N–H and O–H groups in total. The van der Waals surface area contributed by atoms with Crippen LogP contribution in [0.3, 0.4) is 0 Å². The fourth-order valence-electron chi connectivity index (χ4n) is 2.60. The Morgan fingerprint density at radius 2 is 1.75 bits per heavy atom. The molecular formula is C19H16N6O2S. The first-order valence-corrected chi connectivity index (χ1v) is 9.28. The molecule has 0 atom stereocenters. The van der Waals surface area contributed by atoms with Crippen LogP contribution in [-0.4, -0.2) is 31.8 Å². The zero-order valence-electron chi connectivity index (χ0n) is 14.8. The molecule has 2 amide bonds. The normalized spacial score (nSPS) is 10.6. The van der Waals surface area contributed by atoms with Crippen LogP contribution in [0.2, 0.25) is 0 Å². The number of H-pyrrole nitrogens is 1. The van der Waals surface area contributed by atoms with Crippen molar-refractivity contribution in [3.8, 4) is 10.6 Å².